The lowest BCUT2D eigenvalue weighted by molar-refractivity contribution is -0.126. The van der Waals surface area contributed by atoms with Crippen LogP contribution in [0.3, 0.4) is 0 Å². The van der Waals surface area contributed by atoms with Crippen LogP contribution in [0, 0.1) is 28.6 Å². The predicted molar refractivity (Wildman–Crippen MR) is 83.0 cm³/mol. The molecule has 0 bridgehead atoms. The number of rotatable bonds is 0. The number of Topliss-reactive ketones (excluding diaryl/α,β-unsaturated/α-hetero) is 1. The van der Waals surface area contributed by atoms with E-state index in [0.717, 1.165) is 24.8 Å². The van der Waals surface area contributed by atoms with Gasteiger partial charge in [-0.1, -0.05) is 24.6 Å². The molecule has 0 heterocycles. The summed E-state index contributed by atoms with van der Waals surface area (Å²) in [7, 11) is 0. The molecule has 4 aliphatic rings. The summed E-state index contributed by atoms with van der Waals surface area (Å²) in [4.78, 5) is 24.1. The van der Waals surface area contributed by atoms with Crippen LogP contribution >= 0.6 is 0 Å². The number of aliphatic hydroxyl groups excluding tert-OH is 1. The fourth-order valence-electron chi connectivity index (χ4n) is 5.79. The summed E-state index contributed by atoms with van der Waals surface area (Å²) in [6.07, 6.45) is 9.31. The van der Waals surface area contributed by atoms with Crippen LogP contribution in [0.2, 0.25) is 0 Å². The van der Waals surface area contributed by atoms with Crippen molar-refractivity contribution in [3.63, 3.8) is 0 Å². The summed E-state index contributed by atoms with van der Waals surface area (Å²) in [5.41, 5.74) is 0.490. The highest BCUT2D eigenvalue weighted by Crippen LogP contribution is 2.61. The van der Waals surface area contributed by atoms with E-state index >= 15 is 0 Å². The van der Waals surface area contributed by atoms with E-state index in [4.69, 9.17) is 0 Å². The van der Waals surface area contributed by atoms with Crippen molar-refractivity contribution < 1.29 is 14.7 Å². The Morgan fingerprint density at radius 2 is 1.95 bits per heavy atom. The molecule has 1 unspecified atom stereocenters. The minimum atomic E-state index is -0.598. The van der Waals surface area contributed by atoms with Crippen molar-refractivity contribution in [2.24, 2.45) is 28.6 Å². The summed E-state index contributed by atoms with van der Waals surface area (Å²) >= 11 is 0. The van der Waals surface area contributed by atoms with Crippen LogP contribution in [0.1, 0.15) is 46.0 Å². The molecular formula is C19H24O3. The third kappa shape index (κ3) is 1.61. The zero-order valence-electron chi connectivity index (χ0n) is 13.3. The molecule has 4 rings (SSSR count). The van der Waals surface area contributed by atoms with Gasteiger partial charge in [0.1, 0.15) is 5.78 Å². The number of hydrogen-bond donors (Lipinski definition) is 1. The molecule has 118 valence electrons. The first-order chi connectivity index (χ1) is 10.4. The second-order valence-electron chi connectivity index (χ2n) is 8.08. The number of carbonyl (C=O) groups excluding carboxylic acids is 2. The quantitative estimate of drug-likeness (QED) is 0.700. The van der Waals surface area contributed by atoms with Crippen LogP contribution in [-0.4, -0.2) is 22.8 Å². The van der Waals surface area contributed by atoms with Crippen LogP contribution in [0.15, 0.2) is 23.8 Å². The highest BCUT2D eigenvalue weighted by molar-refractivity contribution is 5.92. The molecule has 0 amide bonds. The Labute approximate surface area is 131 Å². The van der Waals surface area contributed by atoms with Crippen molar-refractivity contribution in [2.75, 3.05) is 0 Å². The summed E-state index contributed by atoms with van der Waals surface area (Å²) < 4.78 is 0. The monoisotopic (exact) mass is 300 g/mol. The highest BCUT2D eigenvalue weighted by Gasteiger charge is 2.58. The molecule has 3 heteroatoms. The number of fused-ring (bicyclic) bond motifs is 5. The summed E-state index contributed by atoms with van der Waals surface area (Å²) in [5.74, 6) is 1.53. The predicted octanol–water partition coefficient (Wildman–Crippen LogP) is 2.83. The lowest BCUT2D eigenvalue weighted by Gasteiger charge is -2.55. The smallest absolute Gasteiger partial charge is 0.158 e. The molecular weight excluding hydrogens is 276 g/mol. The lowest BCUT2D eigenvalue weighted by atomic mass is 9.49. The number of allylic oxidation sites excluding steroid dienone is 3. The van der Waals surface area contributed by atoms with E-state index < -0.39 is 6.10 Å². The molecule has 22 heavy (non-hydrogen) atoms. The van der Waals surface area contributed by atoms with Gasteiger partial charge < -0.3 is 5.11 Å². The average Bonchev–Trinajstić information content (AvgIpc) is 2.77. The molecule has 4 aliphatic carbocycles. The zero-order chi connectivity index (χ0) is 15.7. The van der Waals surface area contributed by atoms with E-state index in [1.165, 1.54) is 0 Å². The third-order valence-electron chi connectivity index (χ3n) is 7.23. The Balaban J connectivity index is 1.80. The van der Waals surface area contributed by atoms with Gasteiger partial charge in [0, 0.05) is 23.7 Å². The van der Waals surface area contributed by atoms with Crippen molar-refractivity contribution in [2.45, 2.75) is 52.1 Å². The number of carbonyl (C=O) groups is 2. The SMILES string of the molecule is C[C@]12C=C[C@H]3[C@@H](CCC4=CC(=O)CC(O)[C@@]43C)[C@@H]1CCC2=O. The average molecular weight is 300 g/mol. The largest absolute Gasteiger partial charge is 0.392 e. The van der Waals surface area contributed by atoms with Crippen LogP contribution in [0.4, 0.5) is 0 Å². The van der Waals surface area contributed by atoms with Crippen molar-refractivity contribution >= 4 is 11.6 Å². The fourth-order valence-corrected chi connectivity index (χ4v) is 5.79. The zero-order valence-corrected chi connectivity index (χ0v) is 13.3. The molecule has 0 aliphatic heterocycles. The second kappa shape index (κ2) is 4.41. The van der Waals surface area contributed by atoms with Crippen LogP contribution < -0.4 is 0 Å². The second-order valence-corrected chi connectivity index (χ2v) is 8.08. The summed E-state index contributed by atoms with van der Waals surface area (Å²) in [6.45, 7) is 4.21. The molecule has 2 fully saturated rings. The molecule has 2 saturated carbocycles. The molecule has 0 aromatic rings. The van der Waals surface area contributed by atoms with E-state index in [2.05, 4.69) is 26.0 Å². The van der Waals surface area contributed by atoms with E-state index in [-0.39, 0.29) is 29.0 Å². The van der Waals surface area contributed by atoms with Gasteiger partial charge >= 0.3 is 0 Å². The first-order valence-electron chi connectivity index (χ1n) is 8.52. The van der Waals surface area contributed by atoms with Gasteiger partial charge in [0.2, 0.25) is 0 Å². The summed E-state index contributed by atoms with van der Waals surface area (Å²) in [5, 5.41) is 10.7. The Kier molecular flexibility index (Phi) is 2.88. The molecule has 3 nitrogen and oxygen atoms in total. The van der Waals surface area contributed by atoms with Crippen molar-refractivity contribution in [1.82, 2.24) is 0 Å². The van der Waals surface area contributed by atoms with Crippen LogP contribution in [-0.2, 0) is 9.59 Å². The molecule has 0 aromatic carbocycles. The minimum absolute atomic E-state index is 0.0547. The number of ketones is 2. The van der Waals surface area contributed by atoms with E-state index in [1.54, 1.807) is 6.08 Å². The maximum atomic E-state index is 12.3. The first kappa shape index (κ1) is 14.4. The Morgan fingerprint density at radius 1 is 1.18 bits per heavy atom. The molecule has 6 atom stereocenters. The van der Waals surface area contributed by atoms with Gasteiger partial charge in [-0.05, 0) is 50.0 Å². The van der Waals surface area contributed by atoms with Gasteiger partial charge in [0.15, 0.2) is 5.78 Å². The standard InChI is InChI=1S/C19H24O3/c1-18-8-7-15-13(14(18)5-6-16(18)21)4-3-11-9-12(20)10-17(22)19(11,15)2/h7-9,13-15,17,22H,3-6,10H2,1-2H3/t13-,14-,15-,17?,18-,19-/m0/s1. The first-order valence-corrected chi connectivity index (χ1v) is 8.52. The Bertz CT molecular complexity index is 616. The lowest BCUT2D eigenvalue weighted by Crippen LogP contribution is -2.53. The normalized spacial score (nSPS) is 50.2. The molecule has 0 radical (unpaired) electrons. The van der Waals surface area contributed by atoms with Gasteiger partial charge in [-0.25, -0.2) is 0 Å². The van der Waals surface area contributed by atoms with Gasteiger partial charge in [0.25, 0.3) is 0 Å². The van der Waals surface area contributed by atoms with Crippen molar-refractivity contribution in [3.8, 4) is 0 Å². The maximum Gasteiger partial charge on any atom is 0.158 e. The molecule has 0 aromatic heterocycles. The van der Waals surface area contributed by atoms with Crippen LogP contribution in [0.5, 0.6) is 0 Å². The number of aliphatic hydroxyl groups is 1. The molecule has 1 N–H and O–H groups in total. The van der Waals surface area contributed by atoms with Crippen molar-refractivity contribution in [3.05, 3.63) is 23.8 Å². The van der Waals surface area contributed by atoms with Gasteiger partial charge in [0.05, 0.1) is 6.10 Å². The van der Waals surface area contributed by atoms with E-state index in [9.17, 15) is 14.7 Å². The highest BCUT2D eigenvalue weighted by atomic mass is 16.3. The maximum absolute atomic E-state index is 12.3. The number of hydrogen-bond acceptors (Lipinski definition) is 3. The summed E-state index contributed by atoms with van der Waals surface area (Å²) in [6, 6.07) is 0. The van der Waals surface area contributed by atoms with Gasteiger partial charge in [-0.2, -0.15) is 0 Å². The van der Waals surface area contributed by atoms with Gasteiger partial charge in [-0.15, -0.1) is 0 Å². The Morgan fingerprint density at radius 3 is 2.73 bits per heavy atom. The molecule has 0 spiro atoms. The van der Waals surface area contributed by atoms with Gasteiger partial charge in [-0.3, -0.25) is 9.59 Å². The topological polar surface area (TPSA) is 54.4 Å². The van der Waals surface area contributed by atoms with Crippen molar-refractivity contribution in [1.29, 1.82) is 0 Å². The third-order valence-corrected chi connectivity index (χ3v) is 7.23. The van der Waals surface area contributed by atoms with Crippen LogP contribution in [0.25, 0.3) is 0 Å². The Hall–Kier alpha value is -1.22. The fraction of sp³-hybridized carbons (Fsp3) is 0.684. The van der Waals surface area contributed by atoms with E-state index in [0.29, 0.717) is 24.0 Å². The minimum Gasteiger partial charge on any atom is -0.392 e. The van der Waals surface area contributed by atoms with E-state index in [1.807, 2.05) is 0 Å². The molecule has 0 saturated heterocycles.